The zero-order valence-corrected chi connectivity index (χ0v) is 22.0. The molecule has 0 aromatic heterocycles. The Balaban J connectivity index is 1.11. The molecule has 210 valence electrons. The van der Waals surface area contributed by atoms with Gasteiger partial charge in [0.15, 0.2) is 11.9 Å². The van der Waals surface area contributed by atoms with Crippen LogP contribution >= 0.6 is 0 Å². The van der Waals surface area contributed by atoms with Crippen molar-refractivity contribution in [3.63, 3.8) is 0 Å². The van der Waals surface area contributed by atoms with Crippen molar-refractivity contribution in [2.75, 3.05) is 31.5 Å². The van der Waals surface area contributed by atoms with Crippen molar-refractivity contribution in [3.8, 4) is 0 Å². The van der Waals surface area contributed by atoms with Crippen LogP contribution in [0.25, 0.3) is 0 Å². The Labute approximate surface area is 220 Å². The number of benzene rings is 1. The summed E-state index contributed by atoms with van der Waals surface area (Å²) >= 11 is 0. The summed E-state index contributed by atoms with van der Waals surface area (Å²) in [7, 11) is 0. The van der Waals surface area contributed by atoms with E-state index in [1.807, 2.05) is 6.92 Å². The Morgan fingerprint density at radius 1 is 1.00 bits per heavy atom. The van der Waals surface area contributed by atoms with Gasteiger partial charge >= 0.3 is 12.2 Å². The number of amides is 2. The summed E-state index contributed by atoms with van der Waals surface area (Å²) in [4.78, 5) is 28.9. The van der Waals surface area contributed by atoms with Crippen LogP contribution in [0.4, 0.5) is 23.7 Å². The Morgan fingerprint density at radius 3 is 2.39 bits per heavy atom. The van der Waals surface area contributed by atoms with Gasteiger partial charge in [0.05, 0.1) is 5.56 Å². The maximum Gasteiger partial charge on any atom is 0.416 e. The third kappa shape index (κ3) is 4.30. The molecule has 11 heteroatoms. The molecule has 5 aliphatic heterocycles. The highest BCUT2D eigenvalue weighted by molar-refractivity contribution is 5.89. The lowest BCUT2D eigenvalue weighted by molar-refractivity contribution is -0.574. The van der Waals surface area contributed by atoms with Crippen molar-refractivity contribution in [2.24, 2.45) is 23.7 Å². The van der Waals surface area contributed by atoms with Gasteiger partial charge < -0.3 is 19.7 Å². The van der Waals surface area contributed by atoms with Crippen molar-refractivity contribution in [1.29, 1.82) is 0 Å². The Kier molecular flexibility index (Phi) is 6.46. The average Bonchev–Trinajstić information content (AvgIpc) is 3.12. The highest BCUT2D eigenvalue weighted by atomic mass is 19.4. The Morgan fingerprint density at radius 2 is 1.71 bits per heavy atom. The molecule has 1 spiro atoms. The smallest absolute Gasteiger partial charge is 0.331 e. The molecule has 8 atom stereocenters. The summed E-state index contributed by atoms with van der Waals surface area (Å²) in [6.07, 6.45) is -1.18. The molecule has 2 amide bonds. The SMILES string of the molecule is C[C@H]1[C@H](N2CCN(C(=O)Nc3ccc(C(F)(F)F)cc3)CC2)O[C@@H]2O[C@@]3(C)CC[C@H]4[C@H](C)CC[C@@H]1[C@@]24OO3. The van der Waals surface area contributed by atoms with Crippen LogP contribution in [0.15, 0.2) is 24.3 Å². The van der Waals surface area contributed by atoms with Crippen molar-refractivity contribution in [1.82, 2.24) is 9.80 Å². The Bertz CT molecular complexity index is 1050. The van der Waals surface area contributed by atoms with E-state index in [2.05, 4.69) is 24.1 Å². The van der Waals surface area contributed by atoms with E-state index in [-0.39, 0.29) is 24.1 Å². The van der Waals surface area contributed by atoms with Crippen LogP contribution in [0.1, 0.15) is 52.0 Å². The lowest BCUT2D eigenvalue weighted by Crippen LogP contribution is -2.72. The fraction of sp³-hybridized carbons (Fsp3) is 0.741. The molecule has 1 N–H and O–H groups in total. The van der Waals surface area contributed by atoms with Crippen molar-refractivity contribution < 1.29 is 37.2 Å². The van der Waals surface area contributed by atoms with Crippen LogP contribution in [-0.4, -0.2) is 65.9 Å². The molecule has 6 aliphatic rings. The standard InChI is InChI=1S/C27H36F3N3O5/c1-16-4-9-21-17(2)22(35-23-26(21)20(16)10-11-25(3,36-23)37-38-26)32-12-14-33(15-13-32)24(34)31-19-7-5-18(6-8-19)27(28,29)30/h5-8,16-17,20-23H,4,9-15H2,1-3H3,(H,31,34)/t16-,17-,20+,21+,22-,23-,25-,26-/m1/s1. The molecule has 1 aromatic rings. The zero-order valence-electron chi connectivity index (χ0n) is 22.0. The largest absolute Gasteiger partial charge is 0.416 e. The number of hydrogen-bond donors (Lipinski definition) is 1. The van der Waals surface area contributed by atoms with E-state index in [4.69, 9.17) is 19.2 Å². The lowest BCUT2D eigenvalue weighted by atomic mass is 9.58. The van der Waals surface area contributed by atoms with Gasteiger partial charge in [0.2, 0.25) is 5.79 Å². The number of urea groups is 1. The number of hydrogen-bond acceptors (Lipinski definition) is 6. The van der Waals surface area contributed by atoms with Crippen molar-refractivity contribution in [3.05, 3.63) is 29.8 Å². The summed E-state index contributed by atoms with van der Waals surface area (Å²) in [5, 5.41) is 2.71. The van der Waals surface area contributed by atoms with Crippen LogP contribution in [0, 0.1) is 23.7 Å². The maximum atomic E-state index is 12.8. The van der Waals surface area contributed by atoms with Crippen LogP contribution in [0.5, 0.6) is 0 Å². The van der Waals surface area contributed by atoms with Gasteiger partial charge in [0, 0.05) is 50.1 Å². The maximum absolute atomic E-state index is 12.8. The number of halogens is 3. The molecule has 1 saturated carbocycles. The van der Waals surface area contributed by atoms with E-state index in [1.165, 1.54) is 12.1 Å². The molecule has 0 radical (unpaired) electrons. The molecule has 5 saturated heterocycles. The summed E-state index contributed by atoms with van der Waals surface area (Å²) in [6, 6.07) is 4.16. The number of piperazine rings is 1. The average molecular weight is 540 g/mol. The molecule has 6 fully saturated rings. The quantitative estimate of drug-likeness (QED) is 0.530. The van der Waals surface area contributed by atoms with Gasteiger partial charge in [-0.25, -0.2) is 14.6 Å². The van der Waals surface area contributed by atoms with Crippen LogP contribution in [0.3, 0.4) is 0 Å². The molecule has 1 aliphatic carbocycles. The fourth-order valence-corrected chi connectivity index (χ4v) is 7.43. The van der Waals surface area contributed by atoms with E-state index in [9.17, 15) is 18.0 Å². The minimum atomic E-state index is -4.41. The van der Waals surface area contributed by atoms with E-state index in [0.29, 0.717) is 43.7 Å². The second kappa shape index (κ2) is 9.33. The monoisotopic (exact) mass is 539 g/mol. The normalized spacial score (nSPS) is 41.4. The van der Waals surface area contributed by atoms with E-state index in [1.54, 1.807) is 4.90 Å². The van der Waals surface area contributed by atoms with Gasteiger partial charge in [-0.2, -0.15) is 13.2 Å². The predicted molar refractivity (Wildman–Crippen MR) is 130 cm³/mol. The fourth-order valence-electron chi connectivity index (χ4n) is 7.43. The molecular weight excluding hydrogens is 503 g/mol. The molecule has 7 rings (SSSR count). The number of carbonyl (C=O) groups is 1. The topological polar surface area (TPSA) is 72.5 Å². The van der Waals surface area contributed by atoms with Crippen LogP contribution in [-0.2, 0) is 25.4 Å². The first-order chi connectivity index (χ1) is 18.0. The number of nitrogens with one attached hydrogen (secondary N) is 1. The molecular formula is C27H36F3N3O5. The highest BCUT2D eigenvalue weighted by Crippen LogP contribution is 2.60. The number of ether oxygens (including phenoxy) is 2. The zero-order chi connectivity index (χ0) is 26.9. The predicted octanol–water partition coefficient (Wildman–Crippen LogP) is 5.06. The molecule has 2 bridgehead atoms. The number of alkyl halides is 3. The third-order valence-electron chi connectivity index (χ3n) is 9.55. The summed E-state index contributed by atoms with van der Waals surface area (Å²) in [5.41, 5.74) is -1.02. The second-order valence-electron chi connectivity index (χ2n) is 11.8. The van der Waals surface area contributed by atoms with Crippen LogP contribution < -0.4 is 5.32 Å². The number of anilines is 1. The number of nitrogens with zero attached hydrogens (tertiary/aromatic N) is 2. The van der Waals surface area contributed by atoms with E-state index < -0.39 is 29.4 Å². The second-order valence-corrected chi connectivity index (χ2v) is 11.8. The molecule has 1 aromatic carbocycles. The summed E-state index contributed by atoms with van der Waals surface area (Å²) in [5.74, 6) is 0.405. The Hall–Kier alpha value is -1.92. The van der Waals surface area contributed by atoms with Crippen molar-refractivity contribution >= 4 is 11.7 Å². The first-order valence-corrected chi connectivity index (χ1v) is 13.7. The lowest BCUT2D eigenvalue weighted by Gasteiger charge is -2.61. The third-order valence-corrected chi connectivity index (χ3v) is 9.55. The minimum absolute atomic E-state index is 0.170. The van der Waals surface area contributed by atoms with Gasteiger partial charge in [-0.3, -0.25) is 4.90 Å². The minimum Gasteiger partial charge on any atom is -0.331 e. The van der Waals surface area contributed by atoms with Crippen LogP contribution in [0.2, 0.25) is 0 Å². The first kappa shape index (κ1) is 26.3. The molecule has 38 heavy (non-hydrogen) atoms. The summed E-state index contributed by atoms with van der Waals surface area (Å²) < 4.78 is 51.6. The van der Waals surface area contributed by atoms with Gasteiger partial charge in [0.25, 0.3) is 0 Å². The van der Waals surface area contributed by atoms with E-state index in [0.717, 1.165) is 37.8 Å². The number of carbonyl (C=O) groups excluding carboxylic acids is 1. The molecule has 5 heterocycles. The van der Waals surface area contributed by atoms with Gasteiger partial charge in [0.1, 0.15) is 6.23 Å². The molecule has 8 nitrogen and oxygen atoms in total. The van der Waals surface area contributed by atoms with Crippen molar-refractivity contribution in [2.45, 2.75) is 76.5 Å². The van der Waals surface area contributed by atoms with E-state index >= 15 is 0 Å². The first-order valence-electron chi connectivity index (χ1n) is 13.7. The van der Waals surface area contributed by atoms with Gasteiger partial charge in [-0.1, -0.05) is 13.8 Å². The summed E-state index contributed by atoms with van der Waals surface area (Å²) in [6.45, 7) is 8.64. The van der Waals surface area contributed by atoms with Gasteiger partial charge in [-0.05, 0) is 62.3 Å². The number of rotatable bonds is 2. The molecule has 0 unspecified atom stereocenters. The van der Waals surface area contributed by atoms with Gasteiger partial charge in [-0.15, -0.1) is 0 Å². The number of fused-ring (bicyclic) bond motifs is 2. The highest BCUT2D eigenvalue weighted by Gasteiger charge is 2.69.